The van der Waals surface area contributed by atoms with Crippen molar-refractivity contribution in [1.82, 2.24) is 4.90 Å². The van der Waals surface area contributed by atoms with Gasteiger partial charge in [-0.25, -0.2) is 4.79 Å². The van der Waals surface area contributed by atoms with Crippen molar-refractivity contribution in [2.75, 3.05) is 26.2 Å². The van der Waals surface area contributed by atoms with E-state index in [4.69, 9.17) is 0 Å². The molecule has 0 heterocycles. The van der Waals surface area contributed by atoms with Gasteiger partial charge in [0.1, 0.15) is 12.7 Å². The summed E-state index contributed by atoms with van der Waals surface area (Å²) in [5.41, 5.74) is 0.147. The normalized spacial score (nSPS) is 10.8. The molecule has 0 fully saturated rings. The molecule has 1 N–H and O–H groups in total. The van der Waals surface area contributed by atoms with Crippen LogP contribution < -0.4 is 47.9 Å². The summed E-state index contributed by atoms with van der Waals surface area (Å²) in [6.07, 6.45) is -1.23. The van der Waals surface area contributed by atoms with Gasteiger partial charge in [0.15, 0.2) is 0 Å². The van der Waals surface area contributed by atoms with E-state index >= 15 is 0 Å². The Hall–Kier alpha value is -0.735. The zero-order valence-electron chi connectivity index (χ0n) is 12.5. The van der Waals surface area contributed by atoms with E-state index in [1.165, 1.54) is 6.92 Å². The number of carboxylic acid groups (broad SMARTS) is 2. The average Bonchev–Trinajstić information content (AvgIpc) is 2.23. The molecule has 0 bridgehead atoms. The molecule has 0 spiro atoms. The molecule has 0 rings (SSSR count). The second-order valence-electron chi connectivity index (χ2n) is 3.95. The molecule has 0 saturated carbocycles. The van der Waals surface area contributed by atoms with E-state index in [0.717, 1.165) is 4.90 Å². The number of carbonyl (C=O) groups is 3. The number of hydrogen-bond acceptors (Lipinski definition) is 8. The Bertz CT molecular complexity index is 360. The van der Waals surface area contributed by atoms with Crippen molar-refractivity contribution < 1.29 is 72.2 Å². The molecule has 0 aromatic rings. The third-order valence-corrected chi connectivity index (χ3v) is 1.93. The standard InChI is InChI=1S/C11H17NO7.2Li/c1-7(2)11(18)19-6-8(13)3-12(4-9(14)15)5-10(16)17;;/h8,13H,1,3-6H2,2H3,(H,14,15)(H,16,17);;/q;2*+1/p-2. The van der Waals surface area contributed by atoms with Gasteiger partial charge in [0.25, 0.3) is 0 Å². The number of ether oxygens (including phenoxy) is 1. The largest absolute Gasteiger partial charge is 1.00 e. The molecule has 0 aromatic heterocycles. The summed E-state index contributed by atoms with van der Waals surface area (Å²) < 4.78 is 4.63. The van der Waals surface area contributed by atoms with Crippen molar-refractivity contribution in [2.45, 2.75) is 13.0 Å². The number of aliphatic hydroxyl groups excluding tert-OH is 1. The topological polar surface area (TPSA) is 130 Å². The van der Waals surface area contributed by atoms with E-state index < -0.39 is 43.7 Å². The Morgan fingerprint density at radius 3 is 1.95 bits per heavy atom. The van der Waals surface area contributed by atoms with Crippen LogP contribution in [0.15, 0.2) is 12.2 Å². The van der Waals surface area contributed by atoms with Gasteiger partial charge in [-0.05, 0) is 6.92 Å². The summed E-state index contributed by atoms with van der Waals surface area (Å²) in [5, 5.41) is 30.3. The number of carbonyl (C=O) groups excluding carboxylic acids is 3. The van der Waals surface area contributed by atoms with Crippen molar-refractivity contribution in [3.63, 3.8) is 0 Å². The maximum absolute atomic E-state index is 11.0. The van der Waals surface area contributed by atoms with E-state index in [1.807, 2.05) is 0 Å². The Morgan fingerprint density at radius 2 is 1.62 bits per heavy atom. The van der Waals surface area contributed by atoms with Crippen LogP contribution in [0.1, 0.15) is 6.92 Å². The summed E-state index contributed by atoms with van der Waals surface area (Å²) in [6, 6.07) is 0. The first-order valence-electron chi connectivity index (χ1n) is 5.35. The van der Waals surface area contributed by atoms with Crippen LogP contribution in [-0.4, -0.2) is 60.3 Å². The number of rotatable bonds is 9. The van der Waals surface area contributed by atoms with Gasteiger partial charge in [-0.1, -0.05) is 6.58 Å². The van der Waals surface area contributed by atoms with Crippen molar-refractivity contribution >= 4 is 17.9 Å². The zero-order valence-corrected chi connectivity index (χ0v) is 12.5. The van der Waals surface area contributed by atoms with Gasteiger partial charge in [-0.2, -0.15) is 0 Å². The van der Waals surface area contributed by atoms with E-state index in [2.05, 4.69) is 11.3 Å². The number of hydrogen-bond donors (Lipinski definition) is 1. The first kappa shape index (κ1) is 25.2. The predicted molar refractivity (Wildman–Crippen MR) is 58.2 cm³/mol. The molecule has 108 valence electrons. The second-order valence-corrected chi connectivity index (χ2v) is 3.95. The van der Waals surface area contributed by atoms with Gasteiger partial charge in [-0.3, -0.25) is 4.90 Å². The van der Waals surface area contributed by atoms with Crippen LogP contribution in [0.5, 0.6) is 0 Å². The second kappa shape index (κ2) is 13.0. The van der Waals surface area contributed by atoms with Gasteiger partial charge in [-0.15, -0.1) is 0 Å². The zero-order chi connectivity index (χ0) is 15.0. The molecule has 0 aliphatic carbocycles. The third kappa shape index (κ3) is 14.0. The number of nitrogens with zero attached hydrogens (tertiary/aromatic N) is 1. The van der Waals surface area contributed by atoms with E-state index in [9.17, 15) is 29.7 Å². The van der Waals surface area contributed by atoms with Crippen molar-refractivity contribution in [3.8, 4) is 0 Å². The average molecular weight is 287 g/mol. The monoisotopic (exact) mass is 287 g/mol. The minimum atomic E-state index is -1.49. The van der Waals surface area contributed by atoms with E-state index in [1.54, 1.807) is 0 Å². The molecule has 0 aliphatic heterocycles. The molecule has 0 amide bonds. The van der Waals surface area contributed by atoms with Crippen molar-refractivity contribution in [2.24, 2.45) is 0 Å². The molecule has 0 aliphatic rings. The van der Waals surface area contributed by atoms with Gasteiger partial charge in [0, 0.05) is 25.2 Å². The van der Waals surface area contributed by atoms with Crippen LogP contribution in [0.2, 0.25) is 0 Å². The summed E-state index contributed by atoms with van der Waals surface area (Å²) >= 11 is 0. The number of esters is 1. The quantitative estimate of drug-likeness (QED) is 0.251. The maximum atomic E-state index is 11.0. The molecule has 21 heavy (non-hydrogen) atoms. The summed E-state index contributed by atoms with van der Waals surface area (Å²) in [4.78, 5) is 32.7. The fourth-order valence-corrected chi connectivity index (χ4v) is 1.20. The molecular formula is C11H15Li2NO7. The van der Waals surface area contributed by atoms with Gasteiger partial charge in [0.05, 0.1) is 11.9 Å². The van der Waals surface area contributed by atoms with Crippen LogP contribution in [0.4, 0.5) is 0 Å². The summed E-state index contributed by atoms with van der Waals surface area (Å²) in [7, 11) is 0. The van der Waals surface area contributed by atoms with Gasteiger partial charge >= 0.3 is 43.7 Å². The smallest absolute Gasteiger partial charge is 0.549 e. The minimum Gasteiger partial charge on any atom is -0.549 e. The molecule has 1 unspecified atom stereocenters. The third-order valence-electron chi connectivity index (χ3n) is 1.93. The van der Waals surface area contributed by atoms with Crippen LogP contribution in [0.25, 0.3) is 0 Å². The molecule has 0 radical (unpaired) electrons. The minimum absolute atomic E-state index is 0. The molecular weight excluding hydrogens is 272 g/mol. The fraction of sp³-hybridized carbons (Fsp3) is 0.545. The molecule has 0 saturated heterocycles. The van der Waals surface area contributed by atoms with Crippen LogP contribution in [0.3, 0.4) is 0 Å². The van der Waals surface area contributed by atoms with Crippen molar-refractivity contribution in [1.29, 1.82) is 0 Å². The van der Waals surface area contributed by atoms with Crippen LogP contribution >= 0.6 is 0 Å². The van der Waals surface area contributed by atoms with E-state index in [0.29, 0.717) is 0 Å². The molecule has 10 heteroatoms. The number of aliphatic hydroxyl groups is 1. The molecule has 1 atom stereocenters. The summed E-state index contributed by atoms with van der Waals surface area (Å²) in [6.45, 7) is 2.68. The first-order chi connectivity index (χ1) is 8.72. The predicted octanol–water partition coefficient (Wildman–Crippen LogP) is -9.72. The first-order valence-corrected chi connectivity index (χ1v) is 5.35. The Labute approximate surface area is 146 Å². The van der Waals surface area contributed by atoms with E-state index in [-0.39, 0.29) is 49.8 Å². The van der Waals surface area contributed by atoms with Gasteiger partial charge in [0.2, 0.25) is 0 Å². The Balaban J connectivity index is -0.00000162. The fourth-order valence-electron chi connectivity index (χ4n) is 1.20. The van der Waals surface area contributed by atoms with Gasteiger partial charge < -0.3 is 29.6 Å². The number of aliphatic carboxylic acids is 2. The van der Waals surface area contributed by atoms with Crippen LogP contribution in [-0.2, 0) is 19.1 Å². The molecule has 0 aromatic carbocycles. The maximum Gasteiger partial charge on any atom is 1.00 e. The molecule has 8 nitrogen and oxygen atoms in total. The Kier molecular flexibility index (Phi) is 15.6. The summed E-state index contributed by atoms with van der Waals surface area (Å²) in [5.74, 6) is -3.69. The van der Waals surface area contributed by atoms with Crippen LogP contribution in [0, 0.1) is 0 Å². The Morgan fingerprint density at radius 1 is 1.19 bits per heavy atom. The van der Waals surface area contributed by atoms with Crippen molar-refractivity contribution in [3.05, 3.63) is 12.2 Å². The number of carboxylic acids is 2. The SMILES string of the molecule is C=C(C)C(=O)OCC(O)CN(CC(=O)[O-])CC(=O)[O-].[Li+].[Li+].